The van der Waals surface area contributed by atoms with Crippen molar-refractivity contribution >= 4 is 31.5 Å². The van der Waals surface area contributed by atoms with Crippen molar-refractivity contribution in [2.75, 3.05) is 16.8 Å². The van der Waals surface area contributed by atoms with E-state index in [1.165, 1.54) is 24.3 Å². The minimum Gasteiger partial charge on any atom is -0.326 e. The van der Waals surface area contributed by atoms with Crippen LogP contribution < -0.4 is 10.5 Å². The molecule has 1 aliphatic heterocycles. The Morgan fingerprint density at radius 3 is 2.38 bits per heavy atom. The lowest BCUT2D eigenvalue weighted by molar-refractivity contribution is -0.116. The first kappa shape index (κ1) is 15.9. The third kappa shape index (κ3) is 4.51. The summed E-state index contributed by atoms with van der Waals surface area (Å²) in [7, 11) is -6.76. The van der Waals surface area contributed by atoms with E-state index in [-0.39, 0.29) is 34.6 Å². The Labute approximate surface area is 123 Å². The van der Waals surface area contributed by atoms with Gasteiger partial charge in [0.1, 0.15) is 0 Å². The topological polar surface area (TPSA) is 123 Å². The van der Waals surface area contributed by atoms with Crippen molar-refractivity contribution in [1.29, 1.82) is 0 Å². The largest absolute Gasteiger partial charge is 0.326 e. The molecule has 0 spiro atoms. The van der Waals surface area contributed by atoms with Gasteiger partial charge in [0.05, 0.1) is 16.4 Å². The number of amides is 1. The van der Waals surface area contributed by atoms with Gasteiger partial charge in [0.25, 0.3) is 0 Å². The molecule has 9 heteroatoms. The zero-order chi connectivity index (χ0) is 15.7. The van der Waals surface area contributed by atoms with Gasteiger partial charge in [-0.05, 0) is 36.6 Å². The SMILES string of the molecule is NS(=O)(=O)c1ccc(NC(=O)CC2CCS(=O)(=O)C2)cc1. The van der Waals surface area contributed by atoms with E-state index in [0.717, 1.165) is 0 Å². The number of nitrogens with one attached hydrogen (secondary N) is 1. The first-order valence-corrected chi connectivity index (χ1v) is 9.66. The molecule has 0 aliphatic carbocycles. The van der Waals surface area contributed by atoms with Crippen molar-refractivity contribution in [2.45, 2.75) is 17.7 Å². The maximum Gasteiger partial charge on any atom is 0.238 e. The number of sulfonamides is 1. The molecule has 1 saturated heterocycles. The molecule has 1 unspecified atom stereocenters. The van der Waals surface area contributed by atoms with Crippen molar-refractivity contribution in [3.8, 4) is 0 Å². The molecule has 0 aromatic heterocycles. The van der Waals surface area contributed by atoms with Gasteiger partial charge in [0.2, 0.25) is 15.9 Å². The number of hydrogen-bond donors (Lipinski definition) is 2. The van der Waals surface area contributed by atoms with Gasteiger partial charge in [-0.15, -0.1) is 0 Å². The van der Waals surface area contributed by atoms with E-state index in [4.69, 9.17) is 5.14 Å². The molecule has 0 radical (unpaired) electrons. The zero-order valence-electron chi connectivity index (χ0n) is 11.2. The van der Waals surface area contributed by atoms with Crippen molar-refractivity contribution in [2.24, 2.45) is 11.1 Å². The number of nitrogens with two attached hydrogens (primary N) is 1. The van der Waals surface area contributed by atoms with Crippen molar-refractivity contribution in [1.82, 2.24) is 0 Å². The predicted molar refractivity (Wildman–Crippen MR) is 77.8 cm³/mol. The van der Waals surface area contributed by atoms with Crippen LogP contribution in [0.1, 0.15) is 12.8 Å². The van der Waals surface area contributed by atoms with E-state index in [0.29, 0.717) is 12.1 Å². The van der Waals surface area contributed by atoms with Crippen LogP contribution in [0.15, 0.2) is 29.2 Å². The number of benzene rings is 1. The molecule has 1 atom stereocenters. The molecule has 1 aromatic carbocycles. The van der Waals surface area contributed by atoms with Gasteiger partial charge in [0, 0.05) is 12.1 Å². The van der Waals surface area contributed by atoms with Crippen LogP contribution in [0.25, 0.3) is 0 Å². The maximum absolute atomic E-state index is 11.8. The summed E-state index contributed by atoms with van der Waals surface area (Å²) >= 11 is 0. The summed E-state index contributed by atoms with van der Waals surface area (Å²) in [4.78, 5) is 11.8. The standard InChI is InChI=1S/C12H16N2O5S2/c13-21(18,19)11-3-1-10(2-4-11)14-12(15)7-9-5-6-20(16,17)8-9/h1-4,9H,5-8H2,(H,14,15)(H2,13,18,19). The second kappa shape index (κ2) is 5.74. The zero-order valence-corrected chi connectivity index (χ0v) is 12.8. The molecule has 7 nitrogen and oxygen atoms in total. The van der Waals surface area contributed by atoms with E-state index in [1.54, 1.807) is 0 Å². The minimum atomic E-state index is -3.76. The van der Waals surface area contributed by atoms with Crippen LogP contribution in [0, 0.1) is 5.92 Å². The number of hydrogen-bond acceptors (Lipinski definition) is 5. The normalized spacial score (nSPS) is 21.1. The smallest absolute Gasteiger partial charge is 0.238 e. The number of rotatable bonds is 4. The Balaban J connectivity index is 1.94. The number of sulfone groups is 1. The molecule has 21 heavy (non-hydrogen) atoms. The van der Waals surface area contributed by atoms with E-state index in [1.807, 2.05) is 0 Å². The Kier molecular flexibility index (Phi) is 4.35. The highest BCUT2D eigenvalue weighted by atomic mass is 32.2. The predicted octanol–water partition coefficient (Wildman–Crippen LogP) is 0.0973. The Morgan fingerprint density at radius 2 is 1.90 bits per heavy atom. The number of carbonyl (C=O) groups excluding carboxylic acids is 1. The lowest BCUT2D eigenvalue weighted by Gasteiger charge is -2.09. The lowest BCUT2D eigenvalue weighted by Crippen LogP contribution is -2.17. The molecule has 116 valence electrons. The van der Waals surface area contributed by atoms with Crippen LogP contribution in [0.2, 0.25) is 0 Å². The van der Waals surface area contributed by atoms with E-state index >= 15 is 0 Å². The fourth-order valence-electron chi connectivity index (χ4n) is 2.24. The average Bonchev–Trinajstić information content (AvgIpc) is 2.68. The van der Waals surface area contributed by atoms with Crippen LogP contribution >= 0.6 is 0 Å². The highest BCUT2D eigenvalue weighted by Crippen LogP contribution is 2.22. The van der Waals surface area contributed by atoms with Crippen LogP contribution in [0.5, 0.6) is 0 Å². The molecular weight excluding hydrogens is 316 g/mol. The van der Waals surface area contributed by atoms with Crippen LogP contribution in [0.4, 0.5) is 5.69 Å². The fourth-order valence-corrected chi connectivity index (χ4v) is 4.61. The highest BCUT2D eigenvalue weighted by Gasteiger charge is 2.29. The Hall–Kier alpha value is -1.45. The van der Waals surface area contributed by atoms with Crippen LogP contribution in [0.3, 0.4) is 0 Å². The van der Waals surface area contributed by atoms with Gasteiger partial charge in [-0.1, -0.05) is 0 Å². The van der Waals surface area contributed by atoms with E-state index in [2.05, 4.69) is 5.32 Å². The van der Waals surface area contributed by atoms with E-state index in [9.17, 15) is 21.6 Å². The summed E-state index contributed by atoms with van der Waals surface area (Å²) in [6, 6.07) is 5.46. The Morgan fingerprint density at radius 1 is 1.29 bits per heavy atom. The first-order chi connectivity index (χ1) is 9.66. The quantitative estimate of drug-likeness (QED) is 0.809. The summed E-state index contributed by atoms with van der Waals surface area (Å²) in [5.41, 5.74) is 0.438. The van der Waals surface area contributed by atoms with Gasteiger partial charge >= 0.3 is 0 Å². The molecule has 1 heterocycles. The summed E-state index contributed by atoms with van der Waals surface area (Å²) in [5, 5.41) is 7.58. The summed E-state index contributed by atoms with van der Waals surface area (Å²) < 4.78 is 44.8. The summed E-state index contributed by atoms with van der Waals surface area (Å²) in [5.74, 6) is -0.266. The average molecular weight is 332 g/mol. The van der Waals surface area contributed by atoms with Crippen LogP contribution in [-0.4, -0.2) is 34.2 Å². The fraction of sp³-hybridized carbons (Fsp3) is 0.417. The number of carbonyl (C=O) groups is 1. The molecule has 1 aliphatic rings. The third-order valence-corrected chi connectivity index (χ3v) is 6.03. The molecule has 1 aromatic rings. The van der Waals surface area contributed by atoms with Crippen LogP contribution in [-0.2, 0) is 24.7 Å². The van der Waals surface area contributed by atoms with Gasteiger partial charge in [-0.25, -0.2) is 22.0 Å². The summed E-state index contributed by atoms with van der Waals surface area (Å²) in [6.07, 6.45) is 0.635. The maximum atomic E-state index is 11.8. The Bertz CT molecular complexity index is 738. The van der Waals surface area contributed by atoms with Gasteiger partial charge < -0.3 is 5.32 Å². The lowest BCUT2D eigenvalue weighted by atomic mass is 10.1. The molecule has 1 amide bonds. The van der Waals surface area contributed by atoms with Crippen molar-refractivity contribution in [3.05, 3.63) is 24.3 Å². The minimum absolute atomic E-state index is 0.0395. The van der Waals surface area contributed by atoms with Gasteiger partial charge in [0.15, 0.2) is 9.84 Å². The first-order valence-electron chi connectivity index (χ1n) is 6.29. The highest BCUT2D eigenvalue weighted by molar-refractivity contribution is 7.91. The second-order valence-electron chi connectivity index (χ2n) is 5.09. The number of anilines is 1. The molecule has 0 saturated carbocycles. The molecule has 1 fully saturated rings. The second-order valence-corrected chi connectivity index (χ2v) is 8.88. The molecule has 3 N–H and O–H groups in total. The van der Waals surface area contributed by atoms with E-state index < -0.39 is 19.9 Å². The van der Waals surface area contributed by atoms with Gasteiger partial charge in [-0.3, -0.25) is 4.79 Å². The third-order valence-electron chi connectivity index (χ3n) is 3.27. The number of primary sulfonamides is 1. The summed E-state index contributed by atoms with van der Waals surface area (Å²) in [6.45, 7) is 0. The van der Waals surface area contributed by atoms with Crippen molar-refractivity contribution in [3.63, 3.8) is 0 Å². The van der Waals surface area contributed by atoms with Crippen molar-refractivity contribution < 1.29 is 21.6 Å². The monoisotopic (exact) mass is 332 g/mol. The van der Waals surface area contributed by atoms with Gasteiger partial charge in [-0.2, -0.15) is 0 Å². The molecular formula is C12H16N2O5S2. The molecule has 0 bridgehead atoms. The molecule has 2 rings (SSSR count).